The number of fused-ring (bicyclic) bond motifs is 1. The molecule has 0 aliphatic carbocycles. The summed E-state index contributed by atoms with van der Waals surface area (Å²) >= 11 is 0. The molecule has 4 rings (SSSR count). The van der Waals surface area contributed by atoms with Crippen LogP contribution < -0.4 is 15.7 Å². The largest absolute Gasteiger partial charge is 0.436 e. The van der Waals surface area contributed by atoms with E-state index in [2.05, 4.69) is 15.2 Å². The fraction of sp³-hybridized carbons (Fsp3) is 0.120. The van der Waals surface area contributed by atoms with Crippen molar-refractivity contribution in [3.8, 4) is 0 Å². The highest BCUT2D eigenvalue weighted by molar-refractivity contribution is 7.89. The van der Waals surface area contributed by atoms with Crippen LogP contribution in [0.25, 0.3) is 11.0 Å². The summed E-state index contributed by atoms with van der Waals surface area (Å²) in [6.45, 7) is 5.61. The van der Waals surface area contributed by atoms with Gasteiger partial charge in [0.05, 0.1) is 4.90 Å². The van der Waals surface area contributed by atoms with Crippen molar-refractivity contribution >= 4 is 32.6 Å². The van der Waals surface area contributed by atoms with E-state index in [-0.39, 0.29) is 16.0 Å². The van der Waals surface area contributed by atoms with E-state index < -0.39 is 15.9 Å². The van der Waals surface area contributed by atoms with Gasteiger partial charge in [-0.1, -0.05) is 42.5 Å². The van der Waals surface area contributed by atoms with Gasteiger partial charge in [0, 0.05) is 11.1 Å². The van der Waals surface area contributed by atoms with E-state index in [0.717, 1.165) is 16.7 Å². The molecule has 0 unspecified atom stereocenters. The molecular weight excluding hydrogens is 438 g/mol. The SMILES string of the molecule is Cc1ccc(S(=O)(=O)N/N=c2/oc3ccccc3cc2C(=O)Nc2ccccc2C)cc1C. The maximum absolute atomic E-state index is 13.1. The van der Waals surface area contributed by atoms with Gasteiger partial charge in [0.15, 0.2) is 0 Å². The molecule has 1 amide bonds. The van der Waals surface area contributed by atoms with Crippen LogP contribution in [0.15, 0.2) is 87.2 Å². The molecule has 0 saturated heterocycles. The minimum Gasteiger partial charge on any atom is -0.436 e. The summed E-state index contributed by atoms with van der Waals surface area (Å²) in [5, 5.41) is 7.50. The Morgan fingerprint density at radius 1 is 0.848 bits per heavy atom. The number of nitrogens with zero attached hydrogens (tertiary/aromatic N) is 1. The number of anilines is 1. The standard InChI is InChI=1S/C25H23N3O4S/c1-16-12-13-20(14-18(16)3)33(30,31)28-27-25-21(15-19-9-5-7-11-23(19)32-25)24(29)26-22-10-6-4-8-17(22)2/h4-15,28H,1-3H3,(H,26,29)/b27-25+. The molecule has 0 bridgehead atoms. The first-order valence-electron chi connectivity index (χ1n) is 10.3. The highest BCUT2D eigenvalue weighted by atomic mass is 32.2. The quantitative estimate of drug-likeness (QED) is 0.430. The Bertz CT molecular complexity index is 1540. The average Bonchev–Trinajstić information content (AvgIpc) is 2.80. The van der Waals surface area contributed by atoms with E-state index in [0.29, 0.717) is 16.7 Å². The number of sulfonamides is 1. The lowest BCUT2D eigenvalue weighted by atomic mass is 10.1. The molecule has 4 aromatic rings. The molecule has 0 radical (unpaired) electrons. The molecule has 7 nitrogen and oxygen atoms in total. The highest BCUT2D eigenvalue weighted by Gasteiger charge is 2.17. The summed E-state index contributed by atoms with van der Waals surface area (Å²) in [6, 6.07) is 20.9. The van der Waals surface area contributed by atoms with Crippen LogP contribution in [0.5, 0.6) is 0 Å². The topological polar surface area (TPSA) is 101 Å². The molecule has 0 aliphatic rings. The van der Waals surface area contributed by atoms with Crippen LogP contribution in [0, 0.1) is 20.8 Å². The summed E-state index contributed by atoms with van der Waals surface area (Å²) in [7, 11) is -3.97. The zero-order chi connectivity index (χ0) is 23.6. The molecule has 2 N–H and O–H groups in total. The maximum atomic E-state index is 13.1. The van der Waals surface area contributed by atoms with Crippen LogP contribution >= 0.6 is 0 Å². The highest BCUT2D eigenvalue weighted by Crippen LogP contribution is 2.17. The van der Waals surface area contributed by atoms with Gasteiger partial charge in [-0.25, -0.2) is 0 Å². The van der Waals surface area contributed by atoms with Crippen LogP contribution in [0.4, 0.5) is 5.69 Å². The van der Waals surface area contributed by atoms with Gasteiger partial charge in [0.1, 0.15) is 11.1 Å². The van der Waals surface area contributed by atoms with Crippen molar-refractivity contribution in [2.45, 2.75) is 25.7 Å². The first-order chi connectivity index (χ1) is 15.7. The number of nitrogens with one attached hydrogen (secondary N) is 2. The zero-order valence-electron chi connectivity index (χ0n) is 18.4. The van der Waals surface area contributed by atoms with E-state index in [1.807, 2.05) is 45.0 Å². The number of rotatable bonds is 5. The molecule has 8 heteroatoms. The van der Waals surface area contributed by atoms with Gasteiger partial charge in [0.25, 0.3) is 15.9 Å². The first kappa shape index (κ1) is 22.3. The molecular formula is C25H23N3O4S. The average molecular weight is 462 g/mol. The van der Waals surface area contributed by atoms with E-state index >= 15 is 0 Å². The Kier molecular flexibility index (Phi) is 6.02. The Hall–Kier alpha value is -3.91. The van der Waals surface area contributed by atoms with E-state index in [4.69, 9.17) is 4.42 Å². The molecule has 0 aliphatic heterocycles. The summed E-state index contributed by atoms with van der Waals surface area (Å²) < 4.78 is 31.4. The van der Waals surface area contributed by atoms with Crippen LogP contribution in [0.1, 0.15) is 27.0 Å². The van der Waals surface area contributed by atoms with Crippen molar-refractivity contribution in [2.24, 2.45) is 5.10 Å². The smallest absolute Gasteiger partial charge is 0.276 e. The predicted octanol–water partition coefficient (Wildman–Crippen LogP) is 4.40. The molecule has 168 valence electrons. The van der Waals surface area contributed by atoms with Gasteiger partial charge < -0.3 is 9.73 Å². The van der Waals surface area contributed by atoms with Crippen LogP contribution in [-0.4, -0.2) is 14.3 Å². The van der Waals surface area contributed by atoms with Crippen molar-refractivity contribution in [2.75, 3.05) is 5.32 Å². The molecule has 1 heterocycles. The number of carbonyl (C=O) groups excluding carboxylic acids is 1. The molecule has 0 spiro atoms. The number of amides is 1. The lowest BCUT2D eigenvalue weighted by Gasteiger charge is -2.09. The van der Waals surface area contributed by atoms with Crippen molar-refractivity contribution in [1.82, 2.24) is 4.83 Å². The number of para-hydroxylation sites is 2. The number of benzene rings is 3. The van der Waals surface area contributed by atoms with Crippen LogP contribution in [0.2, 0.25) is 0 Å². The monoisotopic (exact) mass is 461 g/mol. The zero-order valence-corrected chi connectivity index (χ0v) is 19.2. The summed E-state index contributed by atoms with van der Waals surface area (Å²) in [4.78, 5) is 15.4. The van der Waals surface area contributed by atoms with Gasteiger partial charge in [0.2, 0.25) is 5.55 Å². The summed E-state index contributed by atoms with van der Waals surface area (Å²) in [5.74, 6) is -0.470. The number of aryl methyl sites for hydroxylation is 3. The van der Waals surface area contributed by atoms with Crippen molar-refractivity contribution in [1.29, 1.82) is 0 Å². The van der Waals surface area contributed by atoms with Crippen molar-refractivity contribution in [3.63, 3.8) is 0 Å². The minimum atomic E-state index is -3.97. The number of carbonyl (C=O) groups is 1. The van der Waals surface area contributed by atoms with E-state index in [1.165, 1.54) is 6.07 Å². The maximum Gasteiger partial charge on any atom is 0.276 e. The molecule has 3 aromatic carbocycles. The Morgan fingerprint density at radius 2 is 1.58 bits per heavy atom. The fourth-order valence-corrected chi connectivity index (χ4v) is 4.14. The van der Waals surface area contributed by atoms with Gasteiger partial charge in [-0.15, -0.1) is 5.10 Å². The van der Waals surface area contributed by atoms with Gasteiger partial charge in [-0.3, -0.25) is 4.79 Å². The second-order valence-corrected chi connectivity index (χ2v) is 9.39. The number of hydrogen-bond donors (Lipinski definition) is 2. The molecule has 0 atom stereocenters. The van der Waals surface area contributed by atoms with Gasteiger partial charge in [-0.05, 0) is 67.8 Å². The van der Waals surface area contributed by atoms with Gasteiger partial charge >= 0.3 is 0 Å². The van der Waals surface area contributed by atoms with Gasteiger partial charge in [-0.2, -0.15) is 13.2 Å². The second-order valence-electron chi connectivity index (χ2n) is 7.72. The Balaban J connectivity index is 1.77. The third-order valence-electron chi connectivity index (χ3n) is 5.35. The van der Waals surface area contributed by atoms with Crippen LogP contribution in [0.3, 0.4) is 0 Å². The lowest BCUT2D eigenvalue weighted by Crippen LogP contribution is -2.27. The number of hydrogen-bond acceptors (Lipinski definition) is 5. The minimum absolute atomic E-state index is 0.0704. The normalized spacial score (nSPS) is 12.0. The van der Waals surface area contributed by atoms with Crippen LogP contribution in [-0.2, 0) is 10.0 Å². The fourth-order valence-electron chi connectivity index (χ4n) is 3.25. The molecule has 0 saturated carbocycles. The predicted molar refractivity (Wildman–Crippen MR) is 127 cm³/mol. The second kappa shape index (κ2) is 8.91. The van der Waals surface area contributed by atoms with Crippen molar-refractivity contribution < 1.29 is 17.6 Å². The van der Waals surface area contributed by atoms with E-state index in [9.17, 15) is 13.2 Å². The lowest BCUT2D eigenvalue weighted by molar-refractivity contribution is 0.102. The summed E-state index contributed by atoms with van der Waals surface area (Å²) in [6.07, 6.45) is 0. The third-order valence-corrected chi connectivity index (χ3v) is 6.56. The molecule has 1 aromatic heterocycles. The van der Waals surface area contributed by atoms with E-state index in [1.54, 1.807) is 42.5 Å². The summed E-state index contributed by atoms with van der Waals surface area (Å²) in [5.41, 5.74) is 3.76. The Labute approximate surface area is 191 Å². The first-order valence-corrected chi connectivity index (χ1v) is 11.8. The molecule has 0 fully saturated rings. The Morgan fingerprint density at radius 3 is 2.33 bits per heavy atom. The third kappa shape index (κ3) is 4.80. The molecule has 33 heavy (non-hydrogen) atoms. The van der Waals surface area contributed by atoms with Crippen molar-refractivity contribution in [3.05, 3.63) is 101 Å².